The van der Waals surface area contributed by atoms with E-state index in [1.54, 1.807) is 20.8 Å². The van der Waals surface area contributed by atoms with E-state index in [0.717, 1.165) is 12.8 Å². The van der Waals surface area contributed by atoms with E-state index >= 15 is 0 Å². The second kappa shape index (κ2) is 32.2. The van der Waals surface area contributed by atoms with Gasteiger partial charge < -0.3 is 24.8 Å². The van der Waals surface area contributed by atoms with Crippen molar-refractivity contribution in [2.45, 2.75) is 119 Å². The van der Waals surface area contributed by atoms with Crippen molar-refractivity contribution in [3.05, 3.63) is 296 Å². The number of hydrogen-bond donors (Lipinski definition) is 0. The number of fused-ring (bicyclic) bond motifs is 6. The molecule has 2 aliphatic carbocycles. The summed E-state index contributed by atoms with van der Waals surface area (Å²) in [5.74, 6) is 0. The summed E-state index contributed by atoms with van der Waals surface area (Å²) >= 11 is 2.92. The first-order valence-corrected chi connectivity index (χ1v) is 46.3. The molecule has 10 aromatic carbocycles. The molecule has 0 radical (unpaired) electrons. The fraction of sp³-hybridized carbons (Fsp3) is 0.231. The molecule has 2 aliphatic rings. The maximum atomic E-state index is 3.41. The van der Waals surface area contributed by atoms with Crippen molar-refractivity contribution in [2.75, 3.05) is 0 Å². The molecule has 0 saturated heterocycles. The molecule has 0 nitrogen and oxygen atoms in total. The average molecular weight is 1390 g/mol. The fourth-order valence-corrected chi connectivity index (χ4v) is 23.0. The molecule has 0 fully saturated rings. The van der Waals surface area contributed by atoms with Crippen molar-refractivity contribution in [1.82, 2.24) is 0 Å². The van der Waals surface area contributed by atoms with Gasteiger partial charge in [-0.1, -0.05) is 149 Å². The first-order valence-electron chi connectivity index (χ1n) is 29.8. The van der Waals surface area contributed by atoms with Gasteiger partial charge in [-0.25, -0.2) is 22.5 Å². The molecule has 0 N–H and O–H groups in total. The van der Waals surface area contributed by atoms with Gasteiger partial charge in [0.15, 0.2) is 0 Å². The Kier molecular flexibility index (Phi) is 27.1. The van der Waals surface area contributed by atoms with E-state index in [1.165, 1.54) is 142 Å². The summed E-state index contributed by atoms with van der Waals surface area (Å²) in [4.78, 5) is 0. The van der Waals surface area contributed by atoms with Crippen LogP contribution < -0.4 is 24.8 Å². The zero-order chi connectivity index (χ0) is 61.0. The molecule has 0 unspecified atom stereocenters. The van der Waals surface area contributed by atoms with Crippen LogP contribution in [0.1, 0.15) is 57.3 Å². The van der Waals surface area contributed by atoms with E-state index in [2.05, 4.69) is 337 Å². The van der Waals surface area contributed by atoms with Gasteiger partial charge in [0, 0.05) is 0 Å². The van der Waals surface area contributed by atoms with Crippen LogP contribution in [0.4, 0.5) is 0 Å². The van der Waals surface area contributed by atoms with Crippen LogP contribution in [-0.4, -0.2) is 38.7 Å². The first-order chi connectivity index (χ1) is 39.7. The zero-order valence-electron chi connectivity index (χ0n) is 54.0. The van der Waals surface area contributed by atoms with Crippen LogP contribution in [0.15, 0.2) is 239 Å². The molecular formula is C78H88Cl2Si4Zr2-2. The molecule has 10 aromatic rings. The summed E-state index contributed by atoms with van der Waals surface area (Å²) in [6.07, 6.45) is 13.6. The van der Waals surface area contributed by atoms with Crippen molar-refractivity contribution in [1.29, 1.82) is 0 Å². The van der Waals surface area contributed by atoms with Crippen LogP contribution in [-0.2, 0) is 48.5 Å². The summed E-state index contributed by atoms with van der Waals surface area (Å²) in [5.41, 5.74) is 10.6. The van der Waals surface area contributed by atoms with Crippen LogP contribution in [0.5, 0.6) is 0 Å². The molecule has 0 aliphatic heterocycles. The zero-order valence-corrected chi connectivity index (χ0v) is 64.4. The van der Waals surface area contributed by atoms with Gasteiger partial charge >= 0.3 is 198 Å². The third kappa shape index (κ3) is 20.2. The van der Waals surface area contributed by atoms with E-state index in [1.807, 2.05) is 0 Å². The van der Waals surface area contributed by atoms with Crippen LogP contribution in [0, 0.1) is 39.8 Å². The standard InChI is InChI=1S/2C15H13.2C13H10.2C11H21Si2.2ClH.2Zr/c2*1-10-3-5-14-12(7-10)9-13-8-11(2)4-6-15(13)14;2*1-3-7-12(8-4-1)11-13-9-5-2-6-10-13;2*1-12(2,3)10-8-7-9-11(10)13(4,5)6;;;;/h2*3-9H,1-2H3;2*1-10H;2*8H,9H2,1-6H3;2*1H;;/q2*-1;;;2*-1;;;2*+2/p-2. The second-order valence-electron chi connectivity index (χ2n) is 26.7. The van der Waals surface area contributed by atoms with Gasteiger partial charge in [0.1, 0.15) is 0 Å². The first kappa shape index (κ1) is 72.2. The minimum absolute atomic E-state index is 0. The van der Waals surface area contributed by atoms with Gasteiger partial charge in [-0.15, -0.1) is 92.3 Å². The van der Waals surface area contributed by atoms with Crippen molar-refractivity contribution < 1.29 is 73.3 Å². The third-order valence-electron chi connectivity index (χ3n) is 15.4. The molecule has 440 valence electrons. The van der Waals surface area contributed by atoms with E-state index in [4.69, 9.17) is 0 Å². The molecule has 0 heterocycles. The number of rotatable bonds is 8. The van der Waals surface area contributed by atoms with Crippen LogP contribution >= 0.6 is 0 Å². The summed E-state index contributed by atoms with van der Waals surface area (Å²) in [6, 6.07) is 73.4. The molecule has 0 amide bonds. The summed E-state index contributed by atoms with van der Waals surface area (Å²) in [5, 5.41) is 17.8. The minimum atomic E-state index is -1.10. The monoisotopic (exact) mass is 1390 g/mol. The average Bonchev–Trinajstić information content (AvgIpc) is 2.09. The Morgan fingerprint density at radius 2 is 0.547 bits per heavy atom. The fourth-order valence-electron chi connectivity index (χ4n) is 10.8. The Morgan fingerprint density at radius 3 is 0.733 bits per heavy atom. The number of allylic oxidation sites excluding steroid dienone is 8. The van der Waals surface area contributed by atoms with Gasteiger partial charge in [-0.3, -0.25) is 12.2 Å². The van der Waals surface area contributed by atoms with Gasteiger partial charge in [-0.2, -0.15) is 10.4 Å². The Bertz CT molecular complexity index is 3530. The Hall–Kier alpha value is -4.59. The predicted octanol–water partition coefficient (Wildman–Crippen LogP) is 15.9. The molecular weight excluding hydrogens is 1300 g/mol. The third-order valence-corrected chi connectivity index (χ3v) is 27.4. The quantitative estimate of drug-likeness (QED) is 0.105. The van der Waals surface area contributed by atoms with Crippen molar-refractivity contribution >= 4 is 81.8 Å². The van der Waals surface area contributed by atoms with Crippen molar-refractivity contribution in [3.63, 3.8) is 0 Å². The van der Waals surface area contributed by atoms with E-state index in [9.17, 15) is 0 Å². The number of hydrogen-bond acceptors (Lipinski definition) is 0. The van der Waals surface area contributed by atoms with Gasteiger partial charge in [0.2, 0.25) is 0 Å². The van der Waals surface area contributed by atoms with Gasteiger partial charge in [0.25, 0.3) is 0 Å². The SMILES string of the molecule is C[Si](C)(C)C1=C([Si](C)(C)C)C[C-]=C1.C[Si](C)(C)C1=C([Si](C)(C)C)C[C-]=C1.Cc1ccc2c(c1)[cH-]c1cc(C)ccc12.Cc1ccc2c(c1)[cH-]c1cc(C)ccc12.[Cl-].[Cl-].[Zr+2]=[C](c1ccccc1)c1ccccc1.[Zr+2]=[C](c1ccccc1)c1ccccc1. The maximum absolute atomic E-state index is 3.41. The Balaban J connectivity index is 0.000000188. The summed E-state index contributed by atoms with van der Waals surface area (Å²) in [7, 11) is -4.35. The normalized spacial score (nSPS) is 12.8. The molecule has 0 atom stereocenters. The van der Waals surface area contributed by atoms with E-state index in [-0.39, 0.29) is 24.8 Å². The molecule has 8 heteroatoms. The predicted molar refractivity (Wildman–Crippen MR) is 378 cm³/mol. The molecule has 86 heavy (non-hydrogen) atoms. The van der Waals surface area contributed by atoms with Crippen molar-refractivity contribution in [2.24, 2.45) is 0 Å². The van der Waals surface area contributed by atoms with Crippen molar-refractivity contribution in [3.8, 4) is 0 Å². The molecule has 0 saturated carbocycles. The van der Waals surface area contributed by atoms with Gasteiger partial charge in [0.05, 0.1) is 16.1 Å². The van der Waals surface area contributed by atoms with Gasteiger partial charge in [-0.05, 0) is 43.8 Å². The Labute approximate surface area is 564 Å². The molecule has 12 rings (SSSR count). The Morgan fingerprint density at radius 1 is 0.326 bits per heavy atom. The number of benzene rings is 8. The molecule has 0 bridgehead atoms. The number of aryl methyl sites for hydroxylation is 4. The van der Waals surface area contributed by atoms with Crippen LogP contribution in [0.25, 0.3) is 43.1 Å². The topological polar surface area (TPSA) is 0 Å². The van der Waals surface area contributed by atoms with E-state index < -0.39 is 32.3 Å². The molecule has 0 aromatic heterocycles. The van der Waals surface area contributed by atoms with Crippen LogP contribution in [0.3, 0.4) is 0 Å². The summed E-state index contributed by atoms with van der Waals surface area (Å²) in [6.45, 7) is 37.9. The van der Waals surface area contributed by atoms with E-state index in [0.29, 0.717) is 0 Å². The summed E-state index contributed by atoms with van der Waals surface area (Å²) < 4.78 is 2.83. The number of halogens is 2. The second-order valence-corrected chi connectivity index (χ2v) is 49.4. The van der Waals surface area contributed by atoms with Crippen LogP contribution in [0.2, 0.25) is 78.6 Å². The molecule has 0 spiro atoms.